The van der Waals surface area contributed by atoms with Crippen LogP contribution >= 0.6 is 11.6 Å². The van der Waals surface area contributed by atoms with Crippen molar-refractivity contribution in [3.05, 3.63) is 34.3 Å². The average Bonchev–Trinajstić information content (AvgIpc) is 2.39. The van der Waals surface area contributed by atoms with Gasteiger partial charge in [0.25, 0.3) is 0 Å². The molecule has 0 bridgehead atoms. The minimum atomic E-state index is -0.746. The van der Waals surface area contributed by atoms with Gasteiger partial charge in [-0.1, -0.05) is 17.7 Å². The van der Waals surface area contributed by atoms with E-state index in [0.29, 0.717) is 11.4 Å². The Bertz CT molecular complexity index is 485. The van der Waals surface area contributed by atoms with Gasteiger partial charge in [0.15, 0.2) is 0 Å². The summed E-state index contributed by atoms with van der Waals surface area (Å²) in [6.45, 7) is 5.43. The van der Waals surface area contributed by atoms with Gasteiger partial charge in [0.05, 0.1) is 0 Å². The zero-order chi connectivity index (χ0) is 14.7. The normalized spacial score (nSPS) is 18.9. The monoisotopic (exact) mass is 296 g/mol. The van der Waals surface area contributed by atoms with Crippen molar-refractivity contribution in [1.82, 2.24) is 9.80 Å². The highest BCUT2D eigenvalue weighted by atomic mass is 35.5. The topological polar surface area (TPSA) is 43.8 Å². The lowest BCUT2D eigenvalue weighted by molar-refractivity contribution is -0.144. The number of piperazine rings is 1. The molecule has 0 saturated carbocycles. The van der Waals surface area contributed by atoms with Gasteiger partial charge in [0.1, 0.15) is 6.04 Å². The van der Waals surface area contributed by atoms with Crippen molar-refractivity contribution in [1.29, 1.82) is 0 Å². The van der Waals surface area contributed by atoms with E-state index in [1.54, 1.807) is 0 Å². The molecule has 1 atom stereocenters. The Hall–Kier alpha value is -1.10. The molecule has 1 N–H and O–H groups in total. The SMILES string of the molecule is Cc1cc(Cl)ccc1C[C@@H](C(=O)O)N1CCN(C)CC1. The standard InChI is InChI=1S/C15H21ClN2O2/c1-11-9-13(16)4-3-12(11)10-14(15(19)20)18-7-5-17(2)6-8-18/h3-4,9,14H,5-8,10H2,1-2H3,(H,19,20)/t14-/m0/s1. The van der Waals surface area contributed by atoms with Crippen LogP contribution in [-0.4, -0.2) is 60.1 Å². The molecule has 0 radical (unpaired) electrons. The molecular formula is C15H21ClN2O2. The van der Waals surface area contributed by atoms with E-state index < -0.39 is 12.0 Å². The Labute approximate surface area is 124 Å². The molecule has 0 unspecified atom stereocenters. The summed E-state index contributed by atoms with van der Waals surface area (Å²) in [5.41, 5.74) is 2.11. The number of aryl methyl sites for hydroxylation is 1. The Kier molecular flexibility index (Phi) is 5.02. The molecule has 1 heterocycles. The second-order valence-electron chi connectivity index (χ2n) is 5.47. The fraction of sp³-hybridized carbons (Fsp3) is 0.533. The lowest BCUT2D eigenvalue weighted by Crippen LogP contribution is -2.52. The van der Waals surface area contributed by atoms with Gasteiger partial charge in [-0.15, -0.1) is 0 Å². The van der Waals surface area contributed by atoms with Crippen LogP contribution < -0.4 is 0 Å². The molecule has 1 aromatic rings. The van der Waals surface area contributed by atoms with E-state index in [1.165, 1.54) is 0 Å². The molecule has 110 valence electrons. The molecule has 1 saturated heterocycles. The maximum absolute atomic E-state index is 11.6. The van der Waals surface area contributed by atoms with Gasteiger partial charge in [-0.25, -0.2) is 0 Å². The number of carboxylic acid groups (broad SMARTS) is 1. The molecule has 0 amide bonds. The minimum absolute atomic E-state index is 0.455. The highest BCUT2D eigenvalue weighted by molar-refractivity contribution is 6.30. The molecule has 1 aliphatic heterocycles. The van der Waals surface area contributed by atoms with E-state index >= 15 is 0 Å². The van der Waals surface area contributed by atoms with Crippen LogP contribution in [0.1, 0.15) is 11.1 Å². The Morgan fingerprint density at radius 3 is 2.55 bits per heavy atom. The molecule has 1 aliphatic rings. The van der Waals surface area contributed by atoms with Crippen LogP contribution in [0, 0.1) is 6.92 Å². The quantitative estimate of drug-likeness (QED) is 0.921. The zero-order valence-corrected chi connectivity index (χ0v) is 12.7. The number of halogens is 1. The number of rotatable bonds is 4. The van der Waals surface area contributed by atoms with Crippen molar-refractivity contribution in [2.45, 2.75) is 19.4 Å². The largest absolute Gasteiger partial charge is 0.480 e. The molecule has 5 heteroatoms. The van der Waals surface area contributed by atoms with Gasteiger partial charge in [0, 0.05) is 31.2 Å². The summed E-state index contributed by atoms with van der Waals surface area (Å²) in [5, 5.41) is 10.2. The Morgan fingerprint density at radius 1 is 1.35 bits per heavy atom. The van der Waals surface area contributed by atoms with Gasteiger partial charge >= 0.3 is 5.97 Å². The fourth-order valence-corrected chi connectivity index (χ4v) is 2.83. The first-order chi connectivity index (χ1) is 9.47. The summed E-state index contributed by atoms with van der Waals surface area (Å²) in [5.74, 6) is -0.746. The summed E-state index contributed by atoms with van der Waals surface area (Å²) >= 11 is 5.95. The van der Waals surface area contributed by atoms with Crippen LogP contribution in [0.25, 0.3) is 0 Å². The molecular weight excluding hydrogens is 276 g/mol. The first-order valence-electron chi connectivity index (χ1n) is 6.88. The van der Waals surface area contributed by atoms with Crippen LogP contribution in [0.5, 0.6) is 0 Å². The van der Waals surface area contributed by atoms with E-state index in [-0.39, 0.29) is 0 Å². The highest BCUT2D eigenvalue weighted by Crippen LogP contribution is 2.19. The van der Waals surface area contributed by atoms with Crippen LogP contribution in [0.4, 0.5) is 0 Å². The van der Waals surface area contributed by atoms with Gasteiger partial charge in [0.2, 0.25) is 0 Å². The maximum Gasteiger partial charge on any atom is 0.321 e. The van der Waals surface area contributed by atoms with Gasteiger partial charge < -0.3 is 10.0 Å². The first kappa shape index (κ1) is 15.3. The molecule has 2 rings (SSSR count). The number of carbonyl (C=O) groups is 1. The van der Waals surface area contributed by atoms with Crippen molar-refractivity contribution >= 4 is 17.6 Å². The molecule has 20 heavy (non-hydrogen) atoms. The summed E-state index contributed by atoms with van der Waals surface area (Å²) in [4.78, 5) is 15.9. The van der Waals surface area contributed by atoms with Crippen molar-refractivity contribution in [3.63, 3.8) is 0 Å². The molecule has 1 fully saturated rings. The number of carboxylic acids is 1. The number of likely N-dealkylation sites (N-methyl/N-ethyl adjacent to an activating group) is 1. The molecule has 0 aromatic heterocycles. The first-order valence-corrected chi connectivity index (χ1v) is 7.25. The van der Waals surface area contributed by atoms with E-state index in [1.807, 2.05) is 25.1 Å². The molecule has 1 aromatic carbocycles. The van der Waals surface area contributed by atoms with Gasteiger partial charge in [-0.3, -0.25) is 9.69 Å². The highest BCUT2D eigenvalue weighted by Gasteiger charge is 2.28. The average molecular weight is 297 g/mol. The maximum atomic E-state index is 11.6. The number of nitrogens with zero attached hydrogens (tertiary/aromatic N) is 2. The minimum Gasteiger partial charge on any atom is -0.480 e. The second kappa shape index (κ2) is 6.57. The van der Waals surface area contributed by atoms with Crippen molar-refractivity contribution in [2.24, 2.45) is 0 Å². The molecule has 0 spiro atoms. The van der Waals surface area contributed by atoms with Gasteiger partial charge in [-0.05, 0) is 43.7 Å². The summed E-state index contributed by atoms with van der Waals surface area (Å²) in [6, 6.07) is 5.19. The van der Waals surface area contributed by atoms with E-state index in [2.05, 4.69) is 16.8 Å². The third kappa shape index (κ3) is 3.72. The van der Waals surface area contributed by atoms with E-state index in [9.17, 15) is 9.90 Å². The third-order valence-electron chi connectivity index (χ3n) is 3.98. The summed E-state index contributed by atoms with van der Waals surface area (Å²) in [6.07, 6.45) is 0.530. The lowest BCUT2D eigenvalue weighted by atomic mass is 9.99. The number of hydrogen-bond donors (Lipinski definition) is 1. The summed E-state index contributed by atoms with van der Waals surface area (Å²) in [7, 11) is 2.07. The van der Waals surface area contributed by atoms with Gasteiger partial charge in [-0.2, -0.15) is 0 Å². The fourth-order valence-electron chi connectivity index (χ4n) is 2.60. The van der Waals surface area contributed by atoms with E-state index in [4.69, 9.17) is 11.6 Å². The second-order valence-corrected chi connectivity index (χ2v) is 5.90. The number of benzene rings is 1. The van der Waals surface area contributed by atoms with Crippen molar-refractivity contribution in [2.75, 3.05) is 33.2 Å². The molecule has 4 nitrogen and oxygen atoms in total. The Morgan fingerprint density at radius 2 is 2.00 bits per heavy atom. The smallest absolute Gasteiger partial charge is 0.321 e. The Balaban J connectivity index is 2.11. The van der Waals surface area contributed by atoms with Crippen LogP contribution in [-0.2, 0) is 11.2 Å². The lowest BCUT2D eigenvalue weighted by Gasteiger charge is -2.36. The van der Waals surface area contributed by atoms with E-state index in [0.717, 1.165) is 37.3 Å². The van der Waals surface area contributed by atoms with Crippen LogP contribution in [0.2, 0.25) is 5.02 Å². The predicted octanol–water partition coefficient (Wildman–Crippen LogP) is 1.89. The number of hydrogen-bond acceptors (Lipinski definition) is 3. The number of aliphatic carboxylic acids is 1. The summed E-state index contributed by atoms with van der Waals surface area (Å²) < 4.78 is 0. The predicted molar refractivity (Wildman–Crippen MR) is 80.4 cm³/mol. The van der Waals surface area contributed by atoms with Crippen LogP contribution in [0.15, 0.2) is 18.2 Å². The van der Waals surface area contributed by atoms with Crippen molar-refractivity contribution < 1.29 is 9.90 Å². The van der Waals surface area contributed by atoms with Crippen LogP contribution in [0.3, 0.4) is 0 Å². The molecule has 0 aliphatic carbocycles. The van der Waals surface area contributed by atoms with Crippen molar-refractivity contribution in [3.8, 4) is 0 Å². The zero-order valence-electron chi connectivity index (χ0n) is 12.0. The third-order valence-corrected chi connectivity index (χ3v) is 4.22.